The number of nitrogen functional groups attached to an aromatic ring is 1. The number of anilines is 1. The highest BCUT2D eigenvalue weighted by molar-refractivity contribution is 6.31. The van der Waals surface area contributed by atoms with Crippen LogP contribution < -0.4 is 5.73 Å². The zero-order chi connectivity index (χ0) is 13.4. The number of nitrogens with zero attached hydrogens (tertiary/aromatic N) is 1. The van der Waals surface area contributed by atoms with Crippen LogP contribution in [0.5, 0.6) is 0 Å². The second-order valence-corrected chi connectivity index (χ2v) is 4.67. The standard InChI is InChI=1S/C13H8Cl2N2O2/c14-8-3-1-7(2-4-8)10-11(17-19-13(10)16)9-5-6-18-12(9)15/h1-6H,16H2. The summed E-state index contributed by atoms with van der Waals surface area (Å²) in [6.07, 6.45) is 1.48. The molecule has 0 bridgehead atoms. The van der Waals surface area contributed by atoms with E-state index in [1.165, 1.54) is 6.26 Å². The van der Waals surface area contributed by atoms with E-state index in [1.807, 2.05) is 12.1 Å². The summed E-state index contributed by atoms with van der Waals surface area (Å²) in [5, 5.41) is 4.82. The summed E-state index contributed by atoms with van der Waals surface area (Å²) in [5.41, 5.74) is 8.51. The van der Waals surface area contributed by atoms with Crippen molar-refractivity contribution in [1.82, 2.24) is 5.16 Å². The van der Waals surface area contributed by atoms with Gasteiger partial charge in [-0.2, -0.15) is 0 Å². The molecule has 3 aromatic rings. The van der Waals surface area contributed by atoms with Gasteiger partial charge in [-0.25, -0.2) is 0 Å². The van der Waals surface area contributed by atoms with Crippen LogP contribution in [0.25, 0.3) is 22.4 Å². The van der Waals surface area contributed by atoms with Gasteiger partial charge in [-0.3, -0.25) is 0 Å². The van der Waals surface area contributed by atoms with Crippen molar-refractivity contribution in [3.63, 3.8) is 0 Å². The molecule has 0 fully saturated rings. The Labute approximate surface area is 118 Å². The summed E-state index contributed by atoms with van der Waals surface area (Å²) in [5.74, 6) is 0.217. The van der Waals surface area contributed by atoms with Crippen molar-refractivity contribution >= 4 is 29.1 Å². The Bertz CT molecular complexity index is 717. The lowest BCUT2D eigenvalue weighted by molar-refractivity contribution is 0.439. The van der Waals surface area contributed by atoms with Crippen molar-refractivity contribution in [2.24, 2.45) is 0 Å². The normalized spacial score (nSPS) is 10.8. The molecule has 0 amide bonds. The number of hydrogen-bond acceptors (Lipinski definition) is 4. The van der Waals surface area contributed by atoms with Gasteiger partial charge in [0.15, 0.2) is 0 Å². The minimum atomic E-state index is 0.217. The smallest absolute Gasteiger partial charge is 0.230 e. The number of nitrogens with two attached hydrogens (primary N) is 1. The molecule has 3 rings (SSSR count). The lowest BCUT2D eigenvalue weighted by atomic mass is 10.0. The predicted molar refractivity (Wildman–Crippen MR) is 74.1 cm³/mol. The molecule has 4 nitrogen and oxygen atoms in total. The molecule has 2 heterocycles. The van der Waals surface area contributed by atoms with Gasteiger partial charge in [0, 0.05) is 5.02 Å². The lowest BCUT2D eigenvalue weighted by Gasteiger charge is -2.01. The van der Waals surface area contributed by atoms with Gasteiger partial charge < -0.3 is 14.7 Å². The molecular weight excluding hydrogens is 287 g/mol. The minimum Gasteiger partial charge on any atom is -0.452 e. The summed E-state index contributed by atoms with van der Waals surface area (Å²) in [7, 11) is 0. The van der Waals surface area contributed by atoms with Gasteiger partial charge in [0.05, 0.1) is 17.4 Å². The van der Waals surface area contributed by atoms with Gasteiger partial charge in [0.25, 0.3) is 0 Å². The first-order valence-corrected chi connectivity index (χ1v) is 6.17. The Kier molecular flexibility index (Phi) is 2.97. The Hall–Kier alpha value is -1.91. The second kappa shape index (κ2) is 4.64. The van der Waals surface area contributed by atoms with Gasteiger partial charge in [0.1, 0.15) is 5.69 Å². The van der Waals surface area contributed by atoms with Crippen LogP contribution in [0.4, 0.5) is 5.88 Å². The van der Waals surface area contributed by atoms with Crippen LogP contribution in [0.15, 0.2) is 45.5 Å². The molecule has 0 aliphatic carbocycles. The molecule has 1 aromatic carbocycles. The Balaban J connectivity index is 2.19. The Morgan fingerprint density at radius 2 is 1.79 bits per heavy atom. The van der Waals surface area contributed by atoms with Crippen molar-refractivity contribution in [3.05, 3.63) is 46.8 Å². The van der Waals surface area contributed by atoms with Crippen molar-refractivity contribution in [2.45, 2.75) is 0 Å². The van der Waals surface area contributed by atoms with E-state index in [2.05, 4.69) is 5.16 Å². The highest BCUT2D eigenvalue weighted by atomic mass is 35.5. The predicted octanol–water partition coefficient (Wildman–Crippen LogP) is 4.49. The van der Waals surface area contributed by atoms with Gasteiger partial charge in [-0.05, 0) is 35.4 Å². The van der Waals surface area contributed by atoms with E-state index >= 15 is 0 Å². The van der Waals surface area contributed by atoms with E-state index in [1.54, 1.807) is 18.2 Å². The minimum absolute atomic E-state index is 0.217. The topological polar surface area (TPSA) is 65.2 Å². The number of aromatic nitrogens is 1. The van der Waals surface area contributed by atoms with Crippen LogP contribution >= 0.6 is 23.2 Å². The van der Waals surface area contributed by atoms with Crippen LogP contribution in [-0.4, -0.2) is 5.16 Å². The maximum Gasteiger partial charge on any atom is 0.230 e. The van der Waals surface area contributed by atoms with E-state index in [0.717, 1.165) is 5.56 Å². The average Bonchev–Trinajstić information content (AvgIpc) is 2.97. The average molecular weight is 295 g/mol. The highest BCUT2D eigenvalue weighted by Crippen LogP contribution is 2.39. The van der Waals surface area contributed by atoms with Crippen molar-refractivity contribution in [2.75, 3.05) is 5.73 Å². The first-order valence-electron chi connectivity index (χ1n) is 5.41. The Morgan fingerprint density at radius 1 is 1.05 bits per heavy atom. The number of rotatable bonds is 2. The van der Waals surface area contributed by atoms with Gasteiger partial charge in [0.2, 0.25) is 11.1 Å². The zero-order valence-corrected chi connectivity index (χ0v) is 11.1. The number of furan rings is 1. The molecule has 0 saturated carbocycles. The summed E-state index contributed by atoms with van der Waals surface area (Å²) in [6.45, 7) is 0. The monoisotopic (exact) mass is 294 g/mol. The van der Waals surface area contributed by atoms with E-state index in [4.69, 9.17) is 37.9 Å². The number of halogens is 2. The first kappa shape index (κ1) is 12.1. The molecule has 0 radical (unpaired) electrons. The molecule has 19 heavy (non-hydrogen) atoms. The summed E-state index contributed by atoms with van der Waals surface area (Å²) in [6, 6.07) is 8.92. The fourth-order valence-electron chi connectivity index (χ4n) is 1.85. The molecular formula is C13H8Cl2N2O2. The maximum absolute atomic E-state index is 5.96. The summed E-state index contributed by atoms with van der Waals surface area (Å²) in [4.78, 5) is 0. The van der Waals surface area contributed by atoms with Crippen LogP contribution in [-0.2, 0) is 0 Å². The molecule has 6 heteroatoms. The summed E-state index contributed by atoms with van der Waals surface area (Å²) < 4.78 is 10.1. The van der Waals surface area contributed by atoms with E-state index in [9.17, 15) is 0 Å². The third kappa shape index (κ3) is 2.09. The number of hydrogen-bond donors (Lipinski definition) is 1. The van der Waals surface area contributed by atoms with Crippen LogP contribution in [0, 0.1) is 0 Å². The van der Waals surface area contributed by atoms with Crippen molar-refractivity contribution in [3.8, 4) is 22.4 Å². The molecule has 0 atom stereocenters. The fraction of sp³-hybridized carbons (Fsp3) is 0. The molecule has 2 aromatic heterocycles. The van der Waals surface area contributed by atoms with Gasteiger partial charge in [-0.1, -0.05) is 28.9 Å². The zero-order valence-electron chi connectivity index (χ0n) is 9.56. The van der Waals surface area contributed by atoms with Gasteiger partial charge >= 0.3 is 0 Å². The SMILES string of the molecule is Nc1onc(-c2ccoc2Cl)c1-c1ccc(Cl)cc1. The highest BCUT2D eigenvalue weighted by Gasteiger charge is 2.20. The molecule has 0 aliphatic rings. The van der Waals surface area contributed by atoms with Crippen LogP contribution in [0.2, 0.25) is 10.2 Å². The van der Waals surface area contributed by atoms with E-state index in [0.29, 0.717) is 21.8 Å². The maximum atomic E-state index is 5.96. The van der Waals surface area contributed by atoms with E-state index < -0.39 is 0 Å². The van der Waals surface area contributed by atoms with Crippen molar-refractivity contribution < 1.29 is 8.94 Å². The van der Waals surface area contributed by atoms with Crippen molar-refractivity contribution in [1.29, 1.82) is 0 Å². The molecule has 0 unspecified atom stereocenters. The molecule has 0 aliphatic heterocycles. The number of benzene rings is 1. The molecule has 96 valence electrons. The molecule has 2 N–H and O–H groups in total. The largest absolute Gasteiger partial charge is 0.452 e. The summed E-state index contributed by atoms with van der Waals surface area (Å²) >= 11 is 11.8. The fourth-order valence-corrected chi connectivity index (χ4v) is 2.17. The third-order valence-corrected chi connectivity index (χ3v) is 3.27. The first-order chi connectivity index (χ1) is 9.16. The quantitative estimate of drug-likeness (QED) is 0.756. The second-order valence-electron chi connectivity index (χ2n) is 3.89. The van der Waals surface area contributed by atoms with Crippen LogP contribution in [0.1, 0.15) is 0 Å². The molecule has 0 saturated heterocycles. The molecule has 0 spiro atoms. The van der Waals surface area contributed by atoms with Gasteiger partial charge in [-0.15, -0.1) is 0 Å². The van der Waals surface area contributed by atoms with E-state index in [-0.39, 0.29) is 11.1 Å². The third-order valence-electron chi connectivity index (χ3n) is 2.72. The van der Waals surface area contributed by atoms with Crippen LogP contribution in [0.3, 0.4) is 0 Å². The Morgan fingerprint density at radius 3 is 2.42 bits per heavy atom. The lowest BCUT2D eigenvalue weighted by Crippen LogP contribution is -1.87.